The molecule has 2 aromatic heterocycles. The molecular weight excluding hydrogens is 751 g/mol. The Kier molecular flexibility index (Phi) is 7.64. The molecule has 2 nitrogen and oxygen atoms in total. The van der Waals surface area contributed by atoms with E-state index in [9.17, 15) is 0 Å². The van der Waals surface area contributed by atoms with Gasteiger partial charge in [0.05, 0.1) is 11.0 Å². The molecule has 0 N–H and O–H groups in total. The average Bonchev–Trinajstić information content (AvgIpc) is 3.89. The third-order valence-electron chi connectivity index (χ3n) is 13.0. The first-order chi connectivity index (χ1) is 30.7. The van der Waals surface area contributed by atoms with Gasteiger partial charge in [0.2, 0.25) is 0 Å². The van der Waals surface area contributed by atoms with Crippen molar-refractivity contribution in [2.75, 3.05) is 0 Å². The van der Waals surface area contributed by atoms with Crippen LogP contribution in [0.2, 0.25) is 0 Å². The van der Waals surface area contributed by atoms with Crippen molar-refractivity contribution in [1.29, 1.82) is 0 Å². The standard InChI is InChI=1S/C60H37NO/c1-3-14-38(15-4-1)41-28-31-59-55(34-41)56-37-44(39-16-5-2-6-17-39)36-52(60(56)62-59)43-27-30-58-54(35-43)51-24-11-12-25-57(51)61(58)45-19-13-18-40(32-45)42-26-29-50-48-22-8-7-20-46(48)47-21-9-10-23-49(47)53(50)33-42/h1-37H. The fourth-order valence-corrected chi connectivity index (χ4v) is 10.0. The predicted octanol–water partition coefficient (Wildman–Crippen LogP) is 16.8. The molecule has 0 aliphatic heterocycles. The smallest absolute Gasteiger partial charge is 0.143 e. The summed E-state index contributed by atoms with van der Waals surface area (Å²) < 4.78 is 9.24. The van der Waals surface area contributed by atoms with Gasteiger partial charge in [-0.25, -0.2) is 0 Å². The second kappa shape index (κ2) is 13.7. The van der Waals surface area contributed by atoms with E-state index in [0.717, 1.165) is 49.8 Å². The van der Waals surface area contributed by atoms with E-state index in [4.69, 9.17) is 4.42 Å². The van der Waals surface area contributed by atoms with Crippen LogP contribution in [0.25, 0.3) is 126 Å². The van der Waals surface area contributed by atoms with Gasteiger partial charge in [0, 0.05) is 32.8 Å². The highest BCUT2D eigenvalue weighted by molar-refractivity contribution is 6.26. The quantitative estimate of drug-likeness (QED) is 0.159. The molecule has 0 aliphatic rings. The molecule has 0 saturated carbocycles. The Morgan fingerprint density at radius 3 is 1.50 bits per heavy atom. The lowest BCUT2D eigenvalue weighted by atomic mass is 9.92. The van der Waals surface area contributed by atoms with Gasteiger partial charge in [-0.15, -0.1) is 0 Å². The molecular formula is C60H37NO. The van der Waals surface area contributed by atoms with Crippen LogP contribution in [0.3, 0.4) is 0 Å². The number of nitrogens with zero attached hydrogens (tertiary/aromatic N) is 1. The van der Waals surface area contributed by atoms with Crippen LogP contribution in [0.15, 0.2) is 229 Å². The molecule has 13 aromatic rings. The Hall–Kier alpha value is -8.20. The van der Waals surface area contributed by atoms with Crippen LogP contribution in [0.4, 0.5) is 0 Å². The van der Waals surface area contributed by atoms with E-state index in [2.05, 4.69) is 229 Å². The van der Waals surface area contributed by atoms with E-state index in [0.29, 0.717) is 0 Å². The van der Waals surface area contributed by atoms with Crippen LogP contribution in [-0.2, 0) is 0 Å². The van der Waals surface area contributed by atoms with E-state index in [1.807, 2.05) is 0 Å². The first-order valence-corrected chi connectivity index (χ1v) is 21.3. The van der Waals surface area contributed by atoms with Crippen molar-refractivity contribution >= 4 is 76.1 Å². The Balaban J connectivity index is 0.982. The molecule has 0 bridgehead atoms. The molecule has 2 heteroatoms. The Bertz CT molecular complexity index is 3870. The van der Waals surface area contributed by atoms with Crippen molar-refractivity contribution in [1.82, 2.24) is 4.57 Å². The maximum atomic E-state index is 6.82. The molecule has 0 unspecified atom stereocenters. The largest absolute Gasteiger partial charge is 0.455 e. The van der Waals surface area contributed by atoms with Gasteiger partial charge in [-0.05, 0) is 132 Å². The van der Waals surface area contributed by atoms with Gasteiger partial charge in [0.15, 0.2) is 0 Å². The minimum absolute atomic E-state index is 0.886. The van der Waals surface area contributed by atoms with Crippen LogP contribution < -0.4 is 0 Å². The second-order valence-corrected chi connectivity index (χ2v) is 16.4. The molecule has 11 aromatic carbocycles. The topological polar surface area (TPSA) is 18.1 Å². The van der Waals surface area contributed by atoms with E-state index in [1.165, 1.54) is 76.4 Å². The van der Waals surface area contributed by atoms with Gasteiger partial charge >= 0.3 is 0 Å². The number of fused-ring (bicyclic) bond motifs is 12. The minimum Gasteiger partial charge on any atom is -0.455 e. The van der Waals surface area contributed by atoms with Crippen molar-refractivity contribution in [3.05, 3.63) is 224 Å². The number of para-hydroxylation sites is 1. The van der Waals surface area contributed by atoms with Gasteiger partial charge in [0.1, 0.15) is 11.2 Å². The monoisotopic (exact) mass is 787 g/mol. The van der Waals surface area contributed by atoms with Crippen LogP contribution in [0, 0.1) is 0 Å². The minimum atomic E-state index is 0.886. The van der Waals surface area contributed by atoms with E-state index in [-0.39, 0.29) is 0 Å². The summed E-state index contributed by atoms with van der Waals surface area (Å²) in [4.78, 5) is 0. The fraction of sp³-hybridized carbons (Fsp3) is 0. The summed E-state index contributed by atoms with van der Waals surface area (Å²) in [5.41, 5.74) is 14.5. The maximum Gasteiger partial charge on any atom is 0.143 e. The zero-order valence-electron chi connectivity index (χ0n) is 33.7. The lowest BCUT2D eigenvalue weighted by molar-refractivity contribution is 0.670. The fourth-order valence-electron chi connectivity index (χ4n) is 10.0. The highest BCUT2D eigenvalue weighted by Gasteiger charge is 2.19. The molecule has 2 heterocycles. The Morgan fingerprint density at radius 2 is 0.758 bits per heavy atom. The lowest BCUT2D eigenvalue weighted by Crippen LogP contribution is -1.94. The van der Waals surface area contributed by atoms with Crippen molar-refractivity contribution in [3.8, 4) is 50.2 Å². The summed E-state index contributed by atoms with van der Waals surface area (Å²) in [5, 5.41) is 12.4. The van der Waals surface area contributed by atoms with E-state index in [1.54, 1.807) is 0 Å². The molecule has 288 valence electrons. The molecule has 0 saturated heterocycles. The van der Waals surface area contributed by atoms with E-state index < -0.39 is 0 Å². The Labute approximate surface area is 358 Å². The molecule has 0 atom stereocenters. The SMILES string of the molecule is c1ccc(-c2ccc3oc4c(-c5ccc6c(c5)c5ccccc5n6-c5cccc(-c6ccc7c8ccccc8c8ccccc8c7c6)c5)cc(-c5ccccc5)cc4c3c2)cc1. The molecule has 0 radical (unpaired) electrons. The normalized spacial score (nSPS) is 11.9. The molecule has 62 heavy (non-hydrogen) atoms. The third kappa shape index (κ3) is 5.37. The number of hydrogen-bond acceptors (Lipinski definition) is 1. The number of aromatic nitrogens is 1. The Morgan fingerprint density at radius 1 is 0.258 bits per heavy atom. The summed E-state index contributed by atoms with van der Waals surface area (Å²) >= 11 is 0. The van der Waals surface area contributed by atoms with Gasteiger partial charge in [-0.3, -0.25) is 0 Å². The highest BCUT2D eigenvalue weighted by atomic mass is 16.3. The highest BCUT2D eigenvalue weighted by Crippen LogP contribution is 2.43. The number of furan rings is 1. The first kappa shape index (κ1) is 34.6. The molecule has 13 rings (SSSR count). The van der Waals surface area contributed by atoms with Gasteiger partial charge in [-0.2, -0.15) is 0 Å². The van der Waals surface area contributed by atoms with Crippen LogP contribution in [-0.4, -0.2) is 4.57 Å². The van der Waals surface area contributed by atoms with Crippen LogP contribution in [0.5, 0.6) is 0 Å². The number of hydrogen-bond donors (Lipinski definition) is 0. The third-order valence-corrected chi connectivity index (χ3v) is 13.0. The molecule has 0 aliphatic carbocycles. The summed E-state index contributed by atoms with van der Waals surface area (Å²) in [5.74, 6) is 0. The molecule has 0 amide bonds. The second-order valence-electron chi connectivity index (χ2n) is 16.4. The zero-order valence-corrected chi connectivity index (χ0v) is 33.7. The summed E-state index contributed by atoms with van der Waals surface area (Å²) in [6.07, 6.45) is 0. The van der Waals surface area contributed by atoms with Crippen LogP contribution in [0.1, 0.15) is 0 Å². The lowest BCUT2D eigenvalue weighted by Gasteiger charge is -2.13. The zero-order chi connectivity index (χ0) is 40.7. The van der Waals surface area contributed by atoms with Crippen molar-refractivity contribution in [3.63, 3.8) is 0 Å². The summed E-state index contributed by atoms with van der Waals surface area (Å²) in [7, 11) is 0. The van der Waals surface area contributed by atoms with Gasteiger partial charge in [-0.1, -0.05) is 164 Å². The number of benzene rings is 11. The van der Waals surface area contributed by atoms with E-state index >= 15 is 0 Å². The van der Waals surface area contributed by atoms with Gasteiger partial charge < -0.3 is 8.98 Å². The summed E-state index contributed by atoms with van der Waals surface area (Å²) in [6.45, 7) is 0. The molecule has 0 fully saturated rings. The average molecular weight is 788 g/mol. The first-order valence-electron chi connectivity index (χ1n) is 21.3. The summed E-state index contributed by atoms with van der Waals surface area (Å²) in [6, 6.07) is 81.7. The van der Waals surface area contributed by atoms with Crippen LogP contribution >= 0.6 is 0 Å². The number of rotatable bonds is 5. The van der Waals surface area contributed by atoms with Gasteiger partial charge in [0.25, 0.3) is 0 Å². The maximum absolute atomic E-state index is 6.82. The van der Waals surface area contributed by atoms with Crippen molar-refractivity contribution in [2.24, 2.45) is 0 Å². The van der Waals surface area contributed by atoms with Crippen molar-refractivity contribution < 1.29 is 4.42 Å². The predicted molar refractivity (Wildman–Crippen MR) is 262 cm³/mol. The van der Waals surface area contributed by atoms with Crippen molar-refractivity contribution in [2.45, 2.75) is 0 Å². The molecule has 0 spiro atoms.